The van der Waals surface area contributed by atoms with Crippen LogP contribution in [0.4, 0.5) is 17.6 Å². The van der Waals surface area contributed by atoms with Crippen molar-refractivity contribution in [1.29, 1.82) is 0 Å². The predicted molar refractivity (Wildman–Crippen MR) is 112 cm³/mol. The van der Waals surface area contributed by atoms with E-state index < -0.39 is 27.6 Å². The number of guanidine groups is 1. The lowest BCUT2D eigenvalue weighted by Crippen LogP contribution is -2.39. The van der Waals surface area contributed by atoms with Gasteiger partial charge in [0.1, 0.15) is 5.82 Å². The zero-order chi connectivity index (χ0) is 20.5. The highest BCUT2D eigenvalue weighted by Crippen LogP contribution is 2.32. The highest BCUT2D eigenvalue weighted by atomic mass is 127. The molecule has 0 spiro atoms. The van der Waals surface area contributed by atoms with Crippen LogP contribution >= 0.6 is 24.0 Å². The summed E-state index contributed by atoms with van der Waals surface area (Å²) >= 11 is 0. The van der Waals surface area contributed by atoms with Crippen molar-refractivity contribution in [3.63, 3.8) is 0 Å². The van der Waals surface area contributed by atoms with Gasteiger partial charge in [-0.05, 0) is 38.0 Å². The van der Waals surface area contributed by atoms with E-state index >= 15 is 0 Å². The molecule has 12 heteroatoms. The average Bonchev–Trinajstić information content (AvgIpc) is 2.59. The molecule has 28 heavy (non-hydrogen) atoms. The van der Waals surface area contributed by atoms with Crippen molar-refractivity contribution in [2.45, 2.75) is 33.0 Å². The van der Waals surface area contributed by atoms with Crippen molar-refractivity contribution in [2.24, 2.45) is 4.99 Å². The molecule has 162 valence electrons. The molecule has 0 radical (unpaired) electrons. The molecule has 0 bridgehead atoms. The van der Waals surface area contributed by atoms with Crippen LogP contribution in [0, 0.1) is 5.82 Å². The summed E-state index contributed by atoms with van der Waals surface area (Å²) in [6, 6.07) is 2.47. The molecule has 0 aliphatic rings. The van der Waals surface area contributed by atoms with Crippen molar-refractivity contribution in [3.05, 3.63) is 35.1 Å². The van der Waals surface area contributed by atoms with E-state index in [0.717, 1.165) is 12.1 Å². The van der Waals surface area contributed by atoms with E-state index in [1.54, 1.807) is 6.92 Å². The number of nitrogens with one attached hydrogen (secondary N) is 3. The Morgan fingerprint density at radius 3 is 2.39 bits per heavy atom. The fraction of sp³-hybridized carbons (Fsp3) is 0.562. The molecule has 0 fully saturated rings. The third-order valence-corrected chi connectivity index (χ3v) is 4.88. The molecule has 0 unspecified atom stereocenters. The first-order chi connectivity index (χ1) is 12.6. The maximum Gasteiger partial charge on any atom is 0.416 e. The average molecular weight is 540 g/mol. The highest BCUT2D eigenvalue weighted by Gasteiger charge is 2.33. The molecule has 0 amide bonds. The smallest absolute Gasteiger partial charge is 0.357 e. The molecule has 1 rings (SSSR count). The van der Waals surface area contributed by atoms with Crippen molar-refractivity contribution >= 4 is 40.0 Å². The van der Waals surface area contributed by atoms with Crippen LogP contribution < -0.4 is 15.4 Å². The second-order valence-electron chi connectivity index (χ2n) is 5.57. The van der Waals surface area contributed by atoms with Gasteiger partial charge in [0.25, 0.3) is 0 Å². The summed E-state index contributed by atoms with van der Waals surface area (Å²) in [7, 11) is -3.26. The molecular weight excluding hydrogens is 515 g/mol. The zero-order valence-corrected chi connectivity index (χ0v) is 18.7. The lowest BCUT2D eigenvalue weighted by Gasteiger charge is -2.14. The van der Waals surface area contributed by atoms with Crippen LogP contribution in [0.15, 0.2) is 23.2 Å². The Labute approximate surface area is 179 Å². The van der Waals surface area contributed by atoms with E-state index in [4.69, 9.17) is 0 Å². The Morgan fingerprint density at radius 1 is 1.14 bits per heavy atom. The second kappa shape index (κ2) is 12.4. The summed E-state index contributed by atoms with van der Waals surface area (Å²) in [6.07, 6.45) is -4.21. The van der Waals surface area contributed by atoms with Crippen molar-refractivity contribution < 1.29 is 26.0 Å². The topological polar surface area (TPSA) is 82.6 Å². The van der Waals surface area contributed by atoms with Crippen LogP contribution in [0.1, 0.15) is 31.4 Å². The Morgan fingerprint density at radius 2 is 1.82 bits per heavy atom. The molecule has 0 aliphatic heterocycles. The van der Waals surface area contributed by atoms with E-state index in [1.165, 1.54) is 6.92 Å². The van der Waals surface area contributed by atoms with E-state index in [0.29, 0.717) is 25.6 Å². The van der Waals surface area contributed by atoms with Gasteiger partial charge in [-0.3, -0.25) is 0 Å². The van der Waals surface area contributed by atoms with Crippen LogP contribution in [0.25, 0.3) is 0 Å². The normalized spacial score (nSPS) is 12.4. The zero-order valence-electron chi connectivity index (χ0n) is 15.6. The molecule has 0 saturated heterocycles. The third kappa shape index (κ3) is 9.87. The highest BCUT2D eigenvalue weighted by molar-refractivity contribution is 14.0. The van der Waals surface area contributed by atoms with Gasteiger partial charge in [0.15, 0.2) is 5.96 Å². The number of sulfonamides is 1. The minimum Gasteiger partial charge on any atom is -0.357 e. The molecule has 6 nitrogen and oxygen atoms in total. The first-order valence-corrected chi connectivity index (χ1v) is 10.1. The number of alkyl halides is 3. The van der Waals surface area contributed by atoms with Gasteiger partial charge < -0.3 is 10.6 Å². The number of halogens is 5. The molecule has 1 aromatic carbocycles. The van der Waals surface area contributed by atoms with E-state index in [1.807, 2.05) is 0 Å². The molecule has 0 aromatic heterocycles. The quantitative estimate of drug-likeness (QED) is 0.148. The van der Waals surface area contributed by atoms with Crippen molar-refractivity contribution in [1.82, 2.24) is 15.4 Å². The van der Waals surface area contributed by atoms with Gasteiger partial charge in [-0.1, -0.05) is 6.07 Å². The largest absolute Gasteiger partial charge is 0.416 e. The number of hydrogen-bond acceptors (Lipinski definition) is 3. The van der Waals surface area contributed by atoms with Gasteiger partial charge in [-0.25, -0.2) is 22.5 Å². The Hall–Kier alpha value is -1.15. The van der Waals surface area contributed by atoms with Gasteiger partial charge in [0.2, 0.25) is 10.0 Å². The van der Waals surface area contributed by atoms with E-state index in [-0.39, 0.29) is 54.3 Å². The number of nitrogens with zero attached hydrogens (tertiary/aromatic N) is 1. The molecule has 0 atom stereocenters. The molecule has 0 heterocycles. The van der Waals surface area contributed by atoms with Crippen molar-refractivity contribution in [2.75, 3.05) is 25.4 Å². The van der Waals surface area contributed by atoms with E-state index in [9.17, 15) is 26.0 Å². The summed E-state index contributed by atoms with van der Waals surface area (Å²) in [5, 5.41) is 5.80. The SMILES string of the molecule is CCNC(=NCc1ccc(F)cc1C(F)(F)F)NCCCNS(=O)(=O)CC.I. The van der Waals surface area contributed by atoms with Crippen LogP contribution in [0.3, 0.4) is 0 Å². The number of benzene rings is 1. The van der Waals surface area contributed by atoms with Gasteiger partial charge >= 0.3 is 6.18 Å². The van der Waals surface area contributed by atoms with Crippen LogP contribution in [-0.2, 0) is 22.7 Å². The van der Waals surface area contributed by atoms with Crippen LogP contribution in [-0.4, -0.2) is 39.8 Å². The summed E-state index contributed by atoms with van der Waals surface area (Å²) in [6.45, 7) is 4.13. The minimum atomic E-state index is -4.67. The molecule has 0 saturated carbocycles. The van der Waals surface area contributed by atoms with Crippen LogP contribution in [0.2, 0.25) is 0 Å². The molecule has 0 aliphatic carbocycles. The summed E-state index contributed by atoms with van der Waals surface area (Å²) in [4.78, 5) is 4.08. The third-order valence-electron chi connectivity index (χ3n) is 3.48. The second-order valence-corrected chi connectivity index (χ2v) is 7.67. The first-order valence-electron chi connectivity index (χ1n) is 8.44. The Kier molecular flexibility index (Phi) is 11.9. The van der Waals surface area contributed by atoms with Crippen LogP contribution in [0.5, 0.6) is 0 Å². The van der Waals surface area contributed by atoms with Gasteiger partial charge in [-0.15, -0.1) is 24.0 Å². The van der Waals surface area contributed by atoms with Gasteiger partial charge in [0, 0.05) is 19.6 Å². The fourth-order valence-corrected chi connectivity index (χ4v) is 2.74. The van der Waals surface area contributed by atoms with Gasteiger partial charge in [-0.2, -0.15) is 13.2 Å². The first kappa shape index (κ1) is 26.9. The lowest BCUT2D eigenvalue weighted by molar-refractivity contribution is -0.138. The Bertz CT molecular complexity index is 743. The molecule has 1 aromatic rings. The minimum absolute atomic E-state index is 0. The Balaban J connectivity index is 0.00000729. The summed E-state index contributed by atoms with van der Waals surface area (Å²) in [5.41, 5.74) is -1.20. The molecular formula is C16H25F4IN4O2S. The summed E-state index contributed by atoms with van der Waals surface area (Å²) in [5.74, 6) is -0.688. The predicted octanol–water partition coefficient (Wildman–Crippen LogP) is 2.85. The number of hydrogen-bond donors (Lipinski definition) is 3. The van der Waals surface area contributed by atoms with Crippen molar-refractivity contribution in [3.8, 4) is 0 Å². The monoisotopic (exact) mass is 540 g/mol. The molecule has 3 N–H and O–H groups in total. The van der Waals surface area contributed by atoms with E-state index in [2.05, 4.69) is 20.3 Å². The lowest BCUT2D eigenvalue weighted by atomic mass is 10.1. The summed E-state index contributed by atoms with van der Waals surface area (Å²) < 4.78 is 77.2. The number of aliphatic imine (C=N–C) groups is 1. The van der Waals surface area contributed by atoms with Gasteiger partial charge in [0.05, 0.1) is 17.9 Å². The number of rotatable bonds is 9. The standard InChI is InChI=1S/C16H24F4N4O2S.HI/c1-3-21-15(22-8-5-9-24-27(25,26)4-2)23-11-12-6-7-13(17)10-14(12)16(18,19)20;/h6-7,10,24H,3-5,8-9,11H2,1-2H3,(H2,21,22,23);1H. The maximum atomic E-state index is 13.1. The maximum absolute atomic E-state index is 13.1. The fourth-order valence-electron chi connectivity index (χ4n) is 2.08.